The van der Waals surface area contributed by atoms with Gasteiger partial charge in [-0.2, -0.15) is 0 Å². The smallest absolute Gasteiger partial charge is 0.287 e. The molecule has 2 N–H and O–H groups in total. The molecule has 1 aromatic carbocycles. The van der Waals surface area contributed by atoms with Crippen molar-refractivity contribution < 1.29 is 17.6 Å². The quantitative estimate of drug-likeness (QED) is 0.761. The monoisotopic (exact) mass is 412 g/mol. The van der Waals surface area contributed by atoms with Crippen LogP contribution < -0.4 is 10.6 Å². The van der Waals surface area contributed by atoms with Gasteiger partial charge in [-0.3, -0.25) is 4.79 Å². The highest BCUT2D eigenvalue weighted by Gasteiger charge is 2.28. The van der Waals surface area contributed by atoms with Crippen molar-refractivity contribution in [3.05, 3.63) is 54.0 Å². The third-order valence-corrected chi connectivity index (χ3v) is 6.57. The average molecular weight is 413 g/mol. The molecule has 2 heterocycles. The van der Waals surface area contributed by atoms with Gasteiger partial charge < -0.3 is 15.1 Å². The minimum Gasteiger partial charge on any atom is -0.459 e. The Labute approximate surface area is 166 Å². The van der Waals surface area contributed by atoms with Gasteiger partial charge in [-0.25, -0.2) is 8.42 Å². The normalized spacial score (nSPS) is 16.3. The summed E-state index contributed by atoms with van der Waals surface area (Å²) in [4.78, 5) is 12.7. The van der Waals surface area contributed by atoms with Gasteiger partial charge in [0, 0.05) is 12.1 Å². The summed E-state index contributed by atoms with van der Waals surface area (Å²) < 4.78 is 30.4. The molecule has 0 atom stereocenters. The molecule has 8 heteroatoms. The Hall–Kier alpha value is -1.83. The summed E-state index contributed by atoms with van der Waals surface area (Å²) in [6, 6.07) is 9.75. The number of sulfone groups is 1. The molecule has 0 bridgehead atoms. The van der Waals surface area contributed by atoms with E-state index in [2.05, 4.69) is 17.6 Å². The van der Waals surface area contributed by atoms with Crippen molar-refractivity contribution in [2.24, 2.45) is 5.41 Å². The Morgan fingerprint density at radius 3 is 2.52 bits per heavy atom. The summed E-state index contributed by atoms with van der Waals surface area (Å²) in [5.41, 5.74) is 0.422. The largest absolute Gasteiger partial charge is 0.459 e. The van der Waals surface area contributed by atoms with Crippen LogP contribution in [0.1, 0.15) is 35.9 Å². The molecule has 0 aliphatic carbocycles. The van der Waals surface area contributed by atoms with E-state index in [9.17, 15) is 13.2 Å². The zero-order valence-electron chi connectivity index (χ0n) is 15.2. The van der Waals surface area contributed by atoms with Gasteiger partial charge in [0.15, 0.2) is 15.6 Å². The molecule has 6 nitrogen and oxygen atoms in total. The van der Waals surface area contributed by atoms with Gasteiger partial charge in [-0.15, -0.1) is 12.4 Å². The summed E-state index contributed by atoms with van der Waals surface area (Å²) in [6.45, 7) is 4.57. The number of piperidine rings is 1. The van der Waals surface area contributed by atoms with Gasteiger partial charge in [0.25, 0.3) is 5.91 Å². The highest BCUT2D eigenvalue weighted by atomic mass is 35.5. The summed E-state index contributed by atoms with van der Waals surface area (Å²) in [7, 11) is -3.54. The van der Waals surface area contributed by atoms with Gasteiger partial charge >= 0.3 is 0 Å². The van der Waals surface area contributed by atoms with Gasteiger partial charge in [0.1, 0.15) is 0 Å². The Balaban J connectivity index is 0.00000261. The minimum absolute atomic E-state index is 0. The van der Waals surface area contributed by atoms with E-state index in [1.165, 1.54) is 6.26 Å². The maximum atomic E-state index is 12.6. The van der Waals surface area contributed by atoms with Crippen molar-refractivity contribution >= 4 is 28.2 Å². The lowest BCUT2D eigenvalue weighted by molar-refractivity contribution is 0.0893. The number of carbonyl (C=O) groups is 1. The van der Waals surface area contributed by atoms with Crippen molar-refractivity contribution in [3.8, 4) is 0 Å². The third kappa shape index (κ3) is 5.34. The molecule has 0 saturated carbocycles. The Bertz CT molecular complexity index is 859. The Morgan fingerprint density at radius 2 is 1.85 bits per heavy atom. The molecular weight excluding hydrogens is 388 g/mol. The number of amides is 1. The van der Waals surface area contributed by atoms with Crippen molar-refractivity contribution in [1.29, 1.82) is 0 Å². The lowest BCUT2D eigenvalue weighted by atomic mass is 9.81. The molecule has 0 spiro atoms. The van der Waals surface area contributed by atoms with E-state index in [1.54, 1.807) is 36.4 Å². The molecule has 1 aliphatic heterocycles. The van der Waals surface area contributed by atoms with E-state index in [0.717, 1.165) is 25.9 Å². The fraction of sp³-hybridized carbons (Fsp3) is 0.421. The molecule has 148 valence electrons. The molecule has 1 saturated heterocycles. The van der Waals surface area contributed by atoms with E-state index in [0.29, 0.717) is 12.1 Å². The Kier molecular flexibility index (Phi) is 7.08. The van der Waals surface area contributed by atoms with Crippen LogP contribution in [-0.4, -0.2) is 34.0 Å². The number of furan rings is 1. The lowest BCUT2D eigenvalue weighted by Gasteiger charge is -2.34. The fourth-order valence-corrected chi connectivity index (χ4v) is 4.52. The van der Waals surface area contributed by atoms with E-state index < -0.39 is 9.84 Å². The predicted molar refractivity (Wildman–Crippen MR) is 106 cm³/mol. The second kappa shape index (κ2) is 8.91. The maximum Gasteiger partial charge on any atom is 0.287 e. The fourth-order valence-electron chi connectivity index (χ4n) is 3.15. The molecule has 0 unspecified atom stereocenters. The van der Waals surface area contributed by atoms with E-state index in [-0.39, 0.29) is 40.1 Å². The summed E-state index contributed by atoms with van der Waals surface area (Å²) in [6.07, 6.45) is 3.33. The number of rotatable bonds is 6. The van der Waals surface area contributed by atoms with E-state index in [4.69, 9.17) is 4.42 Å². The predicted octanol–water partition coefficient (Wildman–Crippen LogP) is 2.79. The lowest BCUT2D eigenvalue weighted by Crippen LogP contribution is -2.43. The van der Waals surface area contributed by atoms with Gasteiger partial charge in [-0.05, 0) is 49.5 Å². The van der Waals surface area contributed by atoms with Crippen LogP contribution in [-0.2, 0) is 15.6 Å². The van der Waals surface area contributed by atoms with Gasteiger partial charge in [-0.1, -0.05) is 25.1 Å². The first-order chi connectivity index (χ1) is 12.4. The standard InChI is InChI=1S/C19H24N2O4S.ClH/c1-19(8-10-20-11-9-19)14-21-18(22)17-15(7-12-25-17)13-26(23,24)16-5-3-2-4-6-16;/h2-7,12,20H,8-11,13-14H2,1H3,(H,21,22);1H. The number of benzene rings is 1. The van der Waals surface area contributed by atoms with Crippen LogP contribution in [0.3, 0.4) is 0 Å². The number of nitrogens with one attached hydrogen (secondary N) is 2. The third-order valence-electron chi connectivity index (χ3n) is 4.89. The highest BCUT2D eigenvalue weighted by molar-refractivity contribution is 7.90. The molecular formula is C19H25ClN2O4S. The van der Waals surface area contributed by atoms with Gasteiger partial charge in [0.05, 0.1) is 16.9 Å². The summed E-state index contributed by atoms with van der Waals surface area (Å²) in [5.74, 6) is -0.563. The van der Waals surface area contributed by atoms with E-state index >= 15 is 0 Å². The summed E-state index contributed by atoms with van der Waals surface area (Å²) >= 11 is 0. The van der Waals surface area contributed by atoms with Crippen molar-refractivity contribution in [2.45, 2.75) is 30.4 Å². The van der Waals surface area contributed by atoms with Crippen LogP contribution in [0.25, 0.3) is 0 Å². The van der Waals surface area contributed by atoms with Crippen molar-refractivity contribution in [1.82, 2.24) is 10.6 Å². The van der Waals surface area contributed by atoms with Gasteiger partial charge in [0.2, 0.25) is 0 Å². The van der Waals surface area contributed by atoms with Crippen LogP contribution >= 0.6 is 12.4 Å². The minimum atomic E-state index is -3.54. The first kappa shape index (κ1) is 21.5. The van der Waals surface area contributed by atoms with Crippen LogP contribution in [0.4, 0.5) is 0 Å². The zero-order chi connectivity index (χ0) is 18.6. The zero-order valence-corrected chi connectivity index (χ0v) is 16.9. The van der Waals surface area contributed by atoms with Crippen LogP contribution in [0.5, 0.6) is 0 Å². The molecule has 1 aromatic heterocycles. The SMILES string of the molecule is CC1(CNC(=O)c2occc2CS(=O)(=O)c2ccccc2)CCNCC1.Cl. The van der Waals surface area contributed by atoms with Crippen molar-refractivity contribution in [2.75, 3.05) is 19.6 Å². The average Bonchev–Trinajstić information content (AvgIpc) is 3.09. The first-order valence-corrected chi connectivity index (χ1v) is 10.4. The molecule has 0 radical (unpaired) electrons. The number of halogens is 1. The topological polar surface area (TPSA) is 88.4 Å². The van der Waals surface area contributed by atoms with E-state index in [1.807, 2.05) is 0 Å². The van der Waals surface area contributed by atoms with Crippen LogP contribution in [0, 0.1) is 5.41 Å². The molecule has 3 rings (SSSR count). The van der Waals surface area contributed by atoms with Crippen LogP contribution in [0.15, 0.2) is 52.0 Å². The second-order valence-electron chi connectivity index (χ2n) is 7.09. The summed E-state index contributed by atoms with van der Waals surface area (Å²) in [5, 5.41) is 6.21. The molecule has 1 aliphatic rings. The number of hydrogen-bond acceptors (Lipinski definition) is 5. The number of hydrogen-bond donors (Lipinski definition) is 2. The molecule has 1 amide bonds. The first-order valence-electron chi connectivity index (χ1n) is 8.73. The second-order valence-corrected chi connectivity index (χ2v) is 9.08. The molecule has 27 heavy (non-hydrogen) atoms. The maximum absolute atomic E-state index is 12.6. The van der Waals surface area contributed by atoms with Crippen molar-refractivity contribution in [3.63, 3.8) is 0 Å². The number of carbonyl (C=O) groups excluding carboxylic acids is 1. The highest BCUT2D eigenvalue weighted by Crippen LogP contribution is 2.27. The molecule has 2 aromatic rings. The molecule has 1 fully saturated rings. The Morgan fingerprint density at radius 1 is 1.19 bits per heavy atom. The van der Waals surface area contributed by atoms with Crippen LogP contribution in [0.2, 0.25) is 0 Å².